The summed E-state index contributed by atoms with van der Waals surface area (Å²) in [5, 5.41) is 6.04. The number of allylic oxidation sites excluding steroid dienone is 1. The fourth-order valence-corrected chi connectivity index (χ4v) is 5.90. The van der Waals surface area contributed by atoms with Crippen LogP contribution in [0.25, 0.3) is 44.2 Å². The molecule has 3 aromatic carbocycles. The summed E-state index contributed by atoms with van der Waals surface area (Å²) in [4.78, 5) is 18.5. The van der Waals surface area contributed by atoms with Crippen molar-refractivity contribution in [2.75, 3.05) is 6.54 Å². The van der Waals surface area contributed by atoms with Gasteiger partial charge in [-0.3, -0.25) is 0 Å². The normalized spacial score (nSPS) is 16.2. The van der Waals surface area contributed by atoms with Crippen molar-refractivity contribution in [3.63, 3.8) is 0 Å². The highest BCUT2D eigenvalue weighted by Gasteiger charge is 2.33. The van der Waals surface area contributed by atoms with Crippen LogP contribution in [-0.4, -0.2) is 37.4 Å². The fraction of sp³-hybridized carbons (Fsp3) is 0.294. The van der Waals surface area contributed by atoms with Crippen molar-refractivity contribution in [2.24, 2.45) is 5.92 Å². The maximum absolute atomic E-state index is 5.04. The van der Waals surface area contributed by atoms with Crippen molar-refractivity contribution in [3.05, 3.63) is 97.5 Å². The minimum atomic E-state index is 0.160. The Balaban J connectivity index is 1.26. The van der Waals surface area contributed by atoms with Gasteiger partial charge in [0, 0.05) is 23.5 Å². The Bertz CT molecular complexity index is 1680. The minimum Gasteiger partial charge on any atom is -0.380 e. The second-order valence-corrected chi connectivity index (χ2v) is 11.3. The number of nitrogens with zero attached hydrogens (tertiary/aromatic N) is 3. The molecule has 1 aliphatic rings. The van der Waals surface area contributed by atoms with Gasteiger partial charge in [0.1, 0.15) is 5.82 Å². The van der Waals surface area contributed by atoms with E-state index in [1.807, 2.05) is 6.20 Å². The van der Waals surface area contributed by atoms with Crippen molar-refractivity contribution in [3.8, 4) is 22.4 Å². The van der Waals surface area contributed by atoms with Crippen LogP contribution in [0.4, 0.5) is 0 Å². The lowest BCUT2D eigenvalue weighted by molar-refractivity contribution is 0.271. The predicted octanol–water partition coefficient (Wildman–Crippen LogP) is 7.96. The highest BCUT2D eigenvalue weighted by Crippen LogP contribution is 2.37. The number of likely N-dealkylation sites (tertiary alicyclic amines) is 1. The summed E-state index contributed by atoms with van der Waals surface area (Å²) in [6, 6.07) is 20.1. The molecule has 6 heteroatoms. The summed E-state index contributed by atoms with van der Waals surface area (Å²) >= 11 is 0. The number of aromatic amines is 2. The summed E-state index contributed by atoms with van der Waals surface area (Å²) in [7, 11) is 0. The molecule has 1 saturated heterocycles. The first-order valence-electron chi connectivity index (χ1n) is 14.3. The van der Waals surface area contributed by atoms with Gasteiger partial charge in [-0.25, -0.2) is 9.97 Å². The van der Waals surface area contributed by atoms with Gasteiger partial charge >= 0.3 is 0 Å². The maximum Gasteiger partial charge on any atom is 0.130 e. The Morgan fingerprint density at radius 1 is 1.02 bits per heavy atom. The number of H-pyrrole nitrogens is 2. The van der Waals surface area contributed by atoms with E-state index in [2.05, 4.69) is 114 Å². The summed E-state index contributed by atoms with van der Waals surface area (Å²) in [5.41, 5.74) is 8.78. The first kappa shape index (κ1) is 25.9. The first-order valence-corrected chi connectivity index (χ1v) is 14.3. The maximum atomic E-state index is 5.04. The molecule has 3 heterocycles. The lowest BCUT2D eigenvalue weighted by atomic mass is 9.99. The summed E-state index contributed by atoms with van der Waals surface area (Å²) in [6.45, 7) is 16.3. The summed E-state index contributed by atoms with van der Waals surface area (Å²) in [6.07, 6.45) is 6.67. The molecule has 3 N–H and O–H groups in total. The lowest BCUT2D eigenvalue weighted by Crippen LogP contribution is -2.41. The van der Waals surface area contributed by atoms with Crippen molar-refractivity contribution < 1.29 is 0 Å². The van der Waals surface area contributed by atoms with Gasteiger partial charge < -0.3 is 20.2 Å². The standard InChI is InChI=1S/C34H38N6/c1-6-22(4)37-33(21(2)3)23(5)40-15-7-8-32(40)34-38-29-14-13-27(18-30(29)39-34)25-9-10-26-17-28(12-11-24(26)16-25)31-19-35-20-36-31/h9-14,16-21,32-33,37H,4-8,15H2,1-3H3,(H,35,36)(H,38,39)/t32-,33-/m0/s1. The number of imidazole rings is 2. The second-order valence-electron chi connectivity index (χ2n) is 11.3. The smallest absolute Gasteiger partial charge is 0.130 e. The van der Waals surface area contributed by atoms with Gasteiger partial charge in [0.15, 0.2) is 0 Å². The number of hydrogen-bond acceptors (Lipinski definition) is 4. The van der Waals surface area contributed by atoms with E-state index >= 15 is 0 Å². The number of aromatic nitrogens is 4. The Morgan fingerprint density at radius 3 is 2.48 bits per heavy atom. The number of rotatable bonds is 9. The third-order valence-electron chi connectivity index (χ3n) is 8.23. The van der Waals surface area contributed by atoms with Crippen LogP contribution in [0.1, 0.15) is 51.9 Å². The average Bonchev–Trinajstić information content (AvgIpc) is 3.75. The lowest BCUT2D eigenvalue weighted by Gasteiger charge is -2.35. The molecule has 2 atom stereocenters. The van der Waals surface area contributed by atoms with Crippen molar-refractivity contribution in [1.82, 2.24) is 30.2 Å². The SMILES string of the molecule is C=C(CC)N[C@H](C(=C)N1CCC[C@H]1c1nc2ccc(-c3ccc4cc(-c5cnc[nH]5)ccc4c3)cc2[nH]1)C(C)C. The highest BCUT2D eigenvalue weighted by atomic mass is 15.2. The van der Waals surface area contributed by atoms with E-state index in [1.54, 1.807) is 6.33 Å². The molecule has 5 aromatic rings. The largest absolute Gasteiger partial charge is 0.380 e. The molecule has 204 valence electrons. The van der Waals surface area contributed by atoms with Gasteiger partial charge in [-0.15, -0.1) is 0 Å². The minimum absolute atomic E-state index is 0.160. The number of benzene rings is 3. The van der Waals surface area contributed by atoms with Crippen molar-refractivity contribution >= 4 is 21.8 Å². The Kier molecular flexibility index (Phi) is 6.93. The number of nitrogens with one attached hydrogen (secondary N) is 3. The third-order valence-corrected chi connectivity index (χ3v) is 8.23. The molecule has 0 aliphatic carbocycles. The van der Waals surface area contributed by atoms with E-state index in [-0.39, 0.29) is 12.1 Å². The predicted molar refractivity (Wildman–Crippen MR) is 166 cm³/mol. The van der Waals surface area contributed by atoms with Crippen LogP contribution >= 0.6 is 0 Å². The van der Waals surface area contributed by atoms with Gasteiger partial charge in [0.25, 0.3) is 0 Å². The van der Waals surface area contributed by atoms with Crippen molar-refractivity contribution in [2.45, 2.75) is 52.1 Å². The van der Waals surface area contributed by atoms with E-state index in [4.69, 9.17) is 4.98 Å². The van der Waals surface area contributed by atoms with E-state index in [0.29, 0.717) is 5.92 Å². The molecular formula is C34H38N6. The molecule has 40 heavy (non-hydrogen) atoms. The van der Waals surface area contributed by atoms with Crippen LogP contribution in [0.2, 0.25) is 0 Å². The molecule has 0 radical (unpaired) electrons. The van der Waals surface area contributed by atoms with Gasteiger partial charge in [0.2, 0.25) is 0 Å². The fourth-order valence-electron chi connectivity index (χ4n) is 5.90. The Labute approximate surface area is 236 Å². The van der Waals surface area contributed by atoms with Crippen LogP contribution < -0.4 is 5.32 Å². The number of fused-ring (bicyclic) bond motifs is 2. The van der Waals surface area contributed by atoms with E-state index in [9.17, 15) is 0 Å². The summed E-state index contributed by atoms with van der Waals surface area (Å²) < 4.78 is 0. The van der Waals surface area contributed by atoms with E-state index in [0.717, 1.165) is 65.3 Å². The van der Waals surface area contributed by atoms with Crippen LogP contribution in [0.3, 0.4) is 0 Å². The highest BCUT2D eigenvalue weighted by molar-refractivity contribution is 5.91. The monoisotopic (exact) mass is 530 g/mol. The molecule has 1 aliphatic heterocycles. The van der Waals surface area contributed by atoms with Gasteiger partial charge in [-0.2, -0.15) is 0 Å². The third kappa shape index (κ3) is 4.90. The molecule has 0 saturated carbocycles. The molecule has 0 bridgehead atoms. The molecule has 6 rings (SSSR count). The van der Waals surface area contributed by atoms with Crippen LogP contribution in [0, 0.1) is 5.92 Å². The molecule has 2 aromatic heterocycles. The number of hydrogen-bond donors (Lipinski definition) is 3. The first-order chi connectivity index (χ1) is 19.4. The molecule has 1 fully saturated rings. The molecule has 0 amide bonds. The van der Waals surface area contributed by atoms with Crippen LogP contribution in [0.15, 0.2) is 91.7 Å². The van der Waals surface area contributed by atoms with Crippen molar-refractivity contribution in [1.29, 1.82) is 0 Å². The second kappa shape index (κ2) is 10.7. The topological polar surface area (TPSA) is 72.6 Å². The summed E-state index contributed by atoms with van der Waals surface area (Å²) in [5.74, 6) is 1.43. The molecular weight excluding hydrogens is 492 g/mol. The molecule has 0 spiro atoms. The Hall–Kier alpha value is -4.32. The zero-order chi connectivity index (χ0) is 27.8. The van der Waals surface area contributed by atoms with E-state index < -0.39 is 0 Å². The zero-order valence-corrected chi connectivity index (χ0v) is 23.7. The molecule has 0 unspecified atom stereocenters. The average molecular weight is 531 g/mol. The van der Waals surface area contributed by atoms with E-state index in [1.165, 1.54) is 21.9 Å². The molecule has 6 nitrogen and oxygen atoms in total. The van der Waals surface area contributed by atoms with Gasteiger partial charge in [-0.05, 0) is 71.3 Å². The van der Waals surface area contributed by atoms with Gasteiger partial charge in [0.05, 0.1) is 41.3 Å². The zero-order valence-electron chi connectivity index (χ0n) is 23.7. The quantitative estimate of drug-likeness (QED) is 0.181. The Morgan fingerprint density at radius 2 is 1.75 bits per heavy atom. The van der Waals surface area contributed by atoms with Crippen LogP contribution in [-0.2, 0) is 0 Å². The van der Waals surface area contributed by atoms with Crippen LogP contribution in [0.5, 0.6) is 0 Å². The van der Waals surface area contributed by atoms with Gasteiger partial charge in [-0.1, -0.05) is 64.3 Å².